The zero-order valence-electron chi connectivity index (χ0n) is 22.5. The van der Waals surface area contributed by atoms with Gasteiger partial charge in [0, 0.05) is 34.6 Å². The summed E-state index contributed by atoms with van der Waals surface area (Å²) >= 11 is 0. The second-order valence-corrected chi connectivity index (χ2v) is 10.5. The molecule has 0 radical (unpaired) electrons. The Morgan fingerprint density at radius 2 is 1.15 bits per heavy atom. The van der Waals surface area contributed by atoms with E-state index in [-0.39, 0.29) is 0 Å². The molecule has 3 heteroatoms. The van der Waals surface area contributed by atoms with E-state index in [1.54, 1.807) is 6.20 Å². The summed E-state index contributed by atoms with van der Waals surface area (Å²) in [6, 6.07) is 42.8. The van der Waals surface area contributed by atoms with Crippen LogP contribution in [0.4, 0.5) is 0 Å². The number of aryl methyl sites for hydroxylation is 1. The van der Waals surface area contributed by atoms with Crippen LogP contribution in [0.15, 0.2) is 134 Å². The quantitative estimate of drug-likeness (QED) is 0.216. The number of nitrogens with zero attached hydrogens (tertiary/aromatic N) is 3. The zero-order valence-corrected chi connectivity index (χ0v) is 22.5. The largest absolute Gasteiger partial charge is 0.264 e. The van der Waals surface area contributed by atoms with Gasteiger partial charge in [0.05, 0.1) is 11.4 Å². The molecule has 41 heavy (non-hydrogen) atoms. The van der Waals surface area contributed by atoms with Crippen LogP contribution in [0.1, 0.15) is 5.56 Å². The van der Waals surface area contributed by atoms with E-state index in [1.807, 2.05) is 12.3 Å². The molecule has 0 bridgehead atoms. The third-order valence-corrected chi connectivity index (χ3v) is 8.09. The Bertz CT molecular complexity index is 2200. The highest BCUT2D eigenvalue weighted by Crippen LogP contribution is 2.40. The zero-order chi connectivity index (χ0) is 27.3. The Balaban J connectivity index is 1.43. The van der Waals surface area contributed by atoms with Crippen LogP contribution in [0.5, 0.6) is 0 Å². The summed E-state index contributed by atoms with van der Waals surface area (Å²) in [7, 11) is 0. The summed E-state index contributed by atoms with van der Waals surface area (Å²) in [6.07, 6.45) is 3.71. The molecule has 0 saturated carbocycles. The van der Waals surface area contributed by atoms with Gasteiger partial charge in [0.25, 0.3) is 0 Å². The van der Waals surface area contributed by atoms with E-state index in [9.17, 15) is 0 Å². The van der Waals surface area contributed by atoms with Crippen molar-refractivity contribution in [2.75, 3.05) is 0 Å². The molecular formula is C38H25N3. The van der Waals surface area contributed by atoms with Gasteiger partial charge in [-0.1, -0.05) is 103 Å². The number of rotatable bonds is 4. The van der Waals surface area contributed by atoms with E-state index in [0.717, 1.165) is 45.0 Å². The van der Waals surface area contributed by atoms with Crippen molar-refractivity contribution >= 4 is 32.3 Å². The fraction of sp³-hybridized carbons (Fsp3) is 0.0263. The smallest absolute Gasteiger partial charge is 0.161 e. The SMILES string of the molecule is Cc1ccccc1-c1cc(-c2ccccc2-c2cccnc2)nc(-c2ccc3ccc4cccc5ccc2c3c45)n1. The molecule has 8 aromatic rings. The summed E-state index contributed by atoms with van der Waals surface area (Å²) in [5.41, 5.74) is 8.32. The maximum Gasteiger partial charge on any atom is 0.161 e. The van der Waals surface area contributed by atoms with E-state index < -0.39 is 0 Å². The molecule has 0 aliphatic heterocycles. The van der Waals surface area contributed by atoms with Crippen molar-refractivity contribution in [3.63, 3.8) is 0 Å². The molecule has 3 nitrogen and oxygen atoms in total. The monoisotopic (exact) mass is 523 g/mol. The fourth-order valence-corrected chi connectivity index (χ4v) is 6.11. The van der Waals surface area contributed by atoms with E-state index in [1.165, 1.54) is 37.9 Å². The summed E-state index contributed by atoms with van der Waals surface area (Å²) in [4.78, 5) is 14.9. The third kappa shape index (κ3) is 3.86. The molecule has 8 rings (SSSR count). The van der Waals surface area contributed by atoms with Gasteiger partial charge in [-0.15, -0.1) is 0 Å². The molecule has 0 fully saturated rings. The summed E-state index contributed by atoms with van der Waals surface area (Å²) in [5.74, 6) is 0.722. The molecule has 0 unspecified atom stereocenters. The van der Waals surface area contributed by atoms with Crippen molar-refractivity contribution in [2.24, 2.45) is 0 Å². The highest BCUT2D eigenvalue weighted by atomic mass is 14.9. The van der Waals surface area contributed by atoms with Crippen LogP contribution in [0, 0.1) is 6.92 Å². The normalized spacial score (nSPS) is 11.5. The van der Waals surface area contributed by atoms with Gasteiger partial charge >= 0.3 is 0 Å². The minimum atomic E-state index is 0.722. The van der Waals surface area contributed by atoms with Crippen LogP contribution in [-0.4, -0.2) is 15.0 Å². The van der Waals surface area contributed by atoms with Crippen molar-refractivity contribution in [3.8, 4) is 45.0 Å². The summed E-state index contributed by atoms with van der Waals surface area (Å²) in [5, 5.41) is 7.45. The van der Waals surface area contributed by atoms with Crippen LogP contribution < -0.4 is 0 Å². The van der Waals surface area contributed by atoms with Gasteiger partial charge in [0.15, 0.2) is 5.82 Å². The van der Waals surface area contributed by atoms with Gasteiger partial charge < -0.3 is 0 Å². The van der Waals surface area contributed by atoms with Crippen molar-refractivity contribution < 1.29 is 0 Å². The van der Waals surface area contributed by atoms with Crippen LogP contribution in [0.25, 0.3) is 77.3 Å². The molecule has 0 N–H and O–H groups in total. The number of hydrogen-bond acceptors (Lipinski definition) is 3. The minimum Gasteiger partial charge on any atom is -0.264 e. The van der Waals surface area contributed by atoms with Crippen LogP contribution in [0.2, 0.25) is 0 Å². The predicted octanol–water partition coefficient (Wildman–Crippen LogP) is 9.75. The molecule has 192 valence electrons. The second-order valence-electron chi connectivity index (χ2n) is 10.5. The topological polar surface area (TPSA) is 38.7 Å². The molecule has 2 aromatic heterocycles. The fourth-order valence-electron chi connectivity index (χ4n) is 6.11. The Labute approximate surface area is 238 Å². The minimum absolute atomic E-state index is 0.722. The lowest BCUT2D eigenvalue weighted by Crippen LogP contribution is -1.99. The van der Waals surface area contributed by atoms with E-state index >= 15 is 0 Å². The maximum absolute atomic E-state index is 5.27. The van der Waals surface area contributed by atoms with Crippen molar-refractivity contribution in [2.45, 2.75) is 6.92 Å². The Kier molecular flexibility index (Phi) is 5.36. The summed E-state index contributed by atoms with van der Waals surface area (Å²) in [6.45, 7) is 2.14. The Morgan fingerprint density at radius 3 is 1.90 bits per heavy atom. The predicted molar refractivity (Wildman–Crippen MR) is 170 cm³/mol. The number of aromatic nitrogens is 3. The first kappa shape index (κ1) is 23.5. The van der Waals surface area contributed by atoms with Gasteiger partial charge in [-0.3, -0.25) is 4.98 Å². The first-order valence-electron chi connectivity index (χ1n) is 13.9. The van der Waals surface area contributed by atoms with Crippen molar-refractivity contribution in [1.29, 1.82) is 0 Å². The van der Waals surface area contributed by atoms with Gasteiger partial charge in [-0.2, -0.15) is 0 Å². The maximum atomic E-state index is 5.27. The van der Waals surface area contributed by atoms with Gasteiger partial charge in [-0.05, 0) is 68.6 Å². The number of benzene rings is 6. The Morgan fingerprint density at radius 1 is 0.488 bits per heavy atom. The molecular weight excluding hydrogens is 498 g/mol. The highest BCUT2D eigenvalue weighted by Gasteiger charge is 2.18. The highest BCUT2D eigenvalue weighted by molar-refractivity contribution is 6.25. The average molecular weight is 524 g/mol. The molecule has 0 aliphatic carbocycles. The molecule has 0 aliphatic rings. The molecule has 0 amide bonds. The second kappa shape index (κ2) is 9.35. The lowest BCUT2D eigenvalue weighted by atomic mass is 9.91. The van der Waals surface area contributed by atoms with Crippen LogP contribution >= 0.6 is 0 Å². The van der Waals surface area contributed by atoms with Crippen molar-refractivity contribution in [1.82, 2.24) is 15.0 Å². The number of pyridine rings is 1. The van der Waals surface area contributed by atoms with E-state index in [4.69, 9.17) is 9.97 Å². The number of hydrogen-bond donors (Lipinski definition) is 0. The lowest BCUT2D eigenvalue weighted by Gasteiger charge is -2.16. The molecule has 0 atom stereocenters. The van der Waals surface area contributed by atoms with Gasteiger partial charge in [0.1, 0.15) is 0 Å². The molecule has 0 saturated heterocycles. The van der Waals surface area contributed by atoms with Crippen molar-refractivity contribution in [3.05, 3.63) is 139 Å². The van der Waals surface area contributed by atoms with E-state index in [0.29, 0.717) is 0 Å². The molecule has 2 heterocycles. The molecule has 6 aromatic carbocycles. The standard InChI is InChI=1S/C38H25N3/c1-24-8-2-3-12-29(24)34-22-35(31-14-5-4-13-30(31)28-11-7-21-39-23-28)41-38(40-34)33-20-18-27-16-15-25-9-6-10-26-17-19-32(33)37(27)36(25)26/h2-23H,1H3. The Hall–Kier alpha value is -5.41. The third-order valence-electron chi connectivity index (χ3n) is 8.09. The van der Waals surface area contributed by atoms with Crippen LogP contribution in [-0.2, 0) is 0 Å². The molecule has 0 spiro atoms. The lowest BCUT2D eigenvalue weighted by molar-refractivity contribution is 1.18. The summed E-state index contributed by atoms with van der Waals surface area (Å²) < 4.78 is 0. The first-order chi connectivity index (χ1) is 20.2. The van der Waals surface area contributed by atoms with Crippen LogP contribution in [0.3, 0.4) is 0 Å². The van der Waals surface area contributed by atoms with Gasteiger partial charge in [0.2, 0.25) is 0 Å². The van der Waals surface area contributed by atoms with Gasteiger partial charge in [-0.25, -0.2) is 9.97 Å². The van der Waals surface area contributed by atoms with E-state index in [2.05, 4.69) is 127 Å². The average Bonchev–Trinajstić information content (AvgIpc) is 3.04. The first-order valence-corrected chi connectivity index (χ1v) is 13.9.